The lowest BCUT2D eigenvalue weighted by Gasteiger charge is -2.29. The minimum atomic E-state index is -0.527. The third kappa shape index (κ3) is 3.91. The molecule has 0 unspecified atom stereocenters. The predicted molar refractivity (Wildman–Crippen MR) is 79.8 cm³/mol. The van der Waals surface area contributed by atoms with Gasteiger partial charge in [-0.1, -0.05) is 13.8 Å². The molecule has 0 atom stereocenters. The SMILES string of the molecule is CC1(C)CC(=O)C=C(NNC(=O)c2ccc([N+](=O)[O-])cc2)C1. The number of allylic oxidation sites excluding steroid dienone is 2. The van der Waals surface area contributed by atoms with E-state index >= 15 is 0 Å². The quantitative estimate of drug-likeness (QED) is 0.655. The number of hydrogen-bond donors (Lipinski definition) is 2. The summed E-state index contributed by atoms with van der Waals surface area (Å²) in [5.74, 6) is -0.407. The molecule has 0 aliphatic heterocycles. The molecule has 0 saturated heterocycles. The highest BCUT2D eigenvalue weighted by molar-refractivity contribution is 5.94. The molecule has 0 heterocycles. The molecular weight excluding hydrogens is 286 g/mol. The van der Waals surface area contributed by atoms with Gasteiger partial charge in [0.25, 0.3) is 11.6 Å². The number of non-ortho nitro benzene ring substituents is 1. The summed E-state index contributed by atoms with van der Waals surface area (Å²) in [5, 5.41) is 10.6. The number of nitrogens with zero attached hydrogens (tertiary/aromatic N) is 1. The molecule has 0 saturated carbocycles. The maximum absolute atomic E-state index is 12.0. The number of nitro groups is 1. The molecular formula is C15H17N3O4. The average molecular weight is 303 g/mol. The van der Waals surface area contributed by atoms with Gasteiger partial charge in [0.15, 0.2) is 5.78 Å². The normalized spacial score (nSPS) is 16.6. The number of carbonyl (C=O) groups excluding carboxylic acids is 2. The van der Waals surface area contributed by atoms with Crippen LogP contribution in [0.25, 0.3) is 0 Å². The molecule has 1 aromatic rings. The van der Waals surface area contributed by atoms with Crippen LogP contribution in [0.5, 0.6) is 0 Å². The first-order valence-electron chi connectivity index (χ1n) is 6.81. The highest BCUT2D eigenvalue weighted by atomic mass is 16.6. The monoisotopic (exact) mass is 303 g/mol. The van der Waals surface area contributed by atoms with Crippen LogP contribution in [0, 0.1) is 15.5 Å². The Morgan fingerprint density at radius 2 is 1.86 bits per heavy atom. The number of rotatable bonds is 4. The van der Waals surface area contributed by atoms with Gasteiger partial charge in [0.05, 0.1) is 4.92 Å². The summed E-state index contributed by atoms with van der Waals surface area (Å²) in [5.41, 5.74) is 5.96. The second-order valence-corrected chi connectivity index (χ2v) is 6.04. The second kappa shape index (κ2) is 5.97. The van der Waals surface area contributed by atoms with Gasteiger partial charge in [0.2, 0.25) is 0 Å². The van der Waals surface area contributed by atoms with Gasteiger partial charge in [0, 0.05) is 35.9 Å². The number of nitro benzene ring substituents is 1. The topological polar surface area (TPSA) is 101 Å². The summed E-state index contributed by atoms with van der Waals surface area (Å²) < 4.78 is 0. The molecule has 7 nitrogen and oxygen atoms in total. The first kappa shape index (κ1) is 15.7. The van der Waals surface area contributed by atoms with E-state index in [0.717, 1.165) is 0 Å². The van der Waals surface area contributed by atoms with Crippen LogP contribution in [0.1, 0.15) is 37.0 Å². The first-order valence-corrected chi connectivity index (χ1v) is 6.81. The van der Waals surface area contributed by atoms with Crippen LogP contribution in [0.2, 0.25) is 0 Å². The highest BCUT2D eigenvalue weighted by Crippen LogP contribution is 2.32. The third-order valence-corrected chi connectivity index (χ3v) is 3.33. The standard InChI is InChI=1S/C15H17N3O4/c1-15(2)8-11(7-13(19)9-15)16-17-14(20)10-3-5-12(6-4-10)18(21)22/h3-7,16H,8-9H2,1-2H3,(H,17,20). The van der Waals surface area contributed by atoms with Crippen molar-refractivity contribution in [3.05, 3.63) is 51.7 Å². The van der Waals surface area contributed by atoms with E-state index in [1.54, 1.807) is 0 Å². The van der Waals surface area contributed by atoms with Gasteiger partial charge >= 0.3 is 0 Å². The number of nitrogens with one attached hydrogen (secondary N) is 2. The summed E-state index contributed by atoms with van der Waals surface area (Å²) in [6.45, 7) is 3.97. The van der Waals surface area contributed by atoms with E-state index in [2.05, 4.69) is 10.9 Å². The molecule has 0 bridgehead atoms. The minimum Gasteiger partial charge on any atom is -0.302 e. The van der Waals surface area contributed by atoms with Gasteiger partial charge in [-0.2, -0.15) is 0 Å². The second-order valence-electron chi connectivity index (χ2n) is 6.04. The van der Waals surface area contributed by atoms with Crippen LogP contribution in [-0.2, 0) is 4.79 Å². The molecule has 22 heavy (non-hydrogen) atoms. The molecule has 7 heteroatoms. The Morgan fingerprint density at radius 3 is 2.41 bits per heavy atom. The van der Waals surface area contributed by atoms with Crippen molar-refractivity contribution in [3.63, 3.8) is 0 Å². The van der Waals surface area contributed by atoms with E-state index in [1.165, 1.54) is 30.3 Å². The fraction of sp³-hybridized carbons (Fsp3) is 0.333. The van der Waals surface area contributed by atoms with Crippen LogP contribution in [-0.4, -0.2) is 16.6 Å². The van der Waals surface area contributed by atoms with E-state index in [1.807, 2.05) is 13.8 Å². The van der Waals surface area contributed by atoms with Gasteiger partial charge in [-0.3, -0.25) is 25.1 Å². The van der Waals surface area contributed by atoms with Crippen LogP contribution in [0.3, 0.4) is 0 Å². The van der Waals surface area contributed by atoms with E-state index in [0.29, 0.717) is 24.1 Å². The van der Waals surface area contributed by atoms with Gasteiger partial charge in [-0.05, 0) is 24.0 Å². The summed E-state index contributed by atoms with van der Waals surface area (Å²) in [7, 11) is 0. The summed E-state index contributed by atoms with van der Waals surface area (Å²) in [6, 6.07) is 5.28. The van der Waals surface area contributed by atoms with Crippen molar-refractivity contribution in [3.8, 4) is 0 Å². The molecule has 2 N–H and O–H groups in total. The smallest absolute Gasteiger partial charge is 0.269 e. The molecule has 1 amide bonds. The third-order valence-electron chi connectivity index (χ3n) is 3.33. The fourth-order valence-corrected chi connectivity index (χ4v) is 2.37. The Balaban J connectivity index is 1.98. The molecule has 1 aliphatic rings. The van der Waals surface area contributed by atoms with Crippen LogP contribution in [0.4, 0.5) is 5.69 Å². The number of hydrazine groups is 1. The van der Waals surface area contributed by atoms with E-state index in [-0.39, 0.29) is 16.9 Å². The lowest BCUT2D eigenvalue weighted by atomic mass is 9.79. The number of benzene rings is 1. The van der Waals surface area contributed by atoms with E-state index in [9.17, 15) is 19.7 Å². The van der Waals surface area contributed by atoms with Crippen LogP contribution >= 0.6 is 0 Å². The Labute approximate surface area is 127 Å². The molecule has 1 aromatic carbocycles. The first-order chi connectivity index (χ1) is 10.3. The summed E-state index contributed by atoms with van der Waals surface area (Å²) in [4.78, 5) is 33.6. The lowest BCUT2D eigenvalue weighted by Crippen LogP contribution is -2.39. The molecule has 2 rings (SSSR count). The number of ketones is 1. The van der Waals surface area contributed by atoms with E-state index < -0.39 is 10.8 Å². The number of amides is 1. The van der Waals surface area contributed by atoms with Crippen molar-refractivity contribution in [1.29, 1.82) is 0 Å². The van der Waals surface area contributed by atoms with Crippen molar-refractivity contribution in [2.75, 3.05) is 0 Å². The Morgan fingerprint density at radius 1 is 1.23 bits per heavy atom. The van der Waals surface area contributed by atoms with Gasteiger partial charge < -0.3 is 5.43 Å². The number of carbonyl (C=O) groups is 2. The fourth-order valence-electron chi connectivity index (χ4n) is 2.37. The highest BCUT2D eigenvalue weighted by Gasteiger charge is 2.27. The van der Waals surface area contributed by atoms with Crippen molar-refractivity contribution in [2.45, 2.75) is 26.7 Å². The predicted octanol–water partition coefficient (Wildman–Crippen LogP) is 2.10. The van der Waals surface area contributed by atoms with Gasteiger partial charge in [-0.15, -0.1) is 0 Å². The minimum absolute atomic E-state index is 0.0170. The maximum atomic E-state index is 12.0. The summed E-state index contributed by atoms with van der Waals surface area (Å²) in [6.07, 6.45) is 2.62. The van der Waals surface area contributed by atoms with Crippen molar-refractivity contribution in [2.24, 2.45) is 5.41 Å². The van der Waals surface area contributed by atoms with E-state index in [4.69, 9.17) is 0 Å². The number of hydrogen-bond acceptors (Lipinski definition) is 5. The molecule has 0 spiro atoms. The summed E-state index contributed by atoms with van der Waals surface area (Å²) >= 11 is 0. The van der Waals surface area contributed by atoms with Crippen LogP contribution < -0.4 is 10.9 Å². The Bertz CT molecular complexity index is 647. The maximum Gasteiger partial charge on any atom is 0.269 e. The molecule has 1 aliphatic carbocycles. The van der Waals surface area contributed by atoms with Crippen molar-refractivity contribution >= 4 is 17.4 Å². The zero-order chi connectivity index (χ0) is 16.3. The van der Waals surface area contributed by atoms with Crippen molar-refractivity contribution < 1.29 is 14.5 Å². The average Bonchev–Trinajstić information content (AvgIpc) is 2.42. The molecule has 0 fully saturated rings. The zero-order valence-corrected chi connectivity index (χ0v) is 12.4. The molecule has 0 aromatic heterocycles. The molecule has 116 valence electrons. The van der Waals surface area contributed by atoms with Crippen molar-refractivity contribution in [1.82, 2.24) is 10.9 Å². The largest absolute Gasteiger partial charge is 0.302 e. The Hall–Kier alpha value is -2.70. The Kier molecular flexibility index (Phi) is 4.25. The van der Waals surface area contributed by atoms with Gasteiger partial charge in [0.1, 0.15) is 0 Å². The van der Waals surface area contributed by atoms with Crippen LogP contribution in [0.15, 0.2) is 36.0 Å². The van der Waals surface area contributed by atoms with Gasteiger partial charge in [-0.25, -0.2) is 0 Å². The lowest BCUT2D eigenvalue weighted by molar-refractivity contribution is -0.384. The zero-order valence-electron chi connectivity index (χ0n) is 12.4. The molecule has 0 radical (unpaired) electrons.